The molecule has 0 heterocycles. The second kappa shape index (κ2) is 16.0. The van der Waals surface area contributed by atoms with E-state index in [1.54, 1.807) is 0 Å². The number of unbranched alkanes of at least 4 members (excludes halogenated alkanes) is 11. The predicted molar refractivity (Wildman–Crippen MR) is 78.8 cm³/mol. The molecule has 0 fully saturated rings. The van der Waals surface area contributed by atoms with Gasteiger partial charge in [-0.05, 0) is 0 Å². The van der Waals surface area contributed by atoms with Gasteiger partial charge in [0.25, 0.3) is 0 Å². The standard InChI is InChI=1S/C14H30Se2/c1-2-3-4-5-6-7-8-9-10-11-12-13-14-16-15/h16H,2-14H2,1H3. The van der Waals surface area contributed by atoms with E-state index in [-0.39, 0.29) is 0 Å². The van der Waals surface area contributed by atoms with Crippen LogP contribution < -0.4 is 0 Å². The average Bonchev–Trinajstić information content (AvgIpc) is 2.31. The molecular formula is C14H30Se2. The zero-order valence-electron chi connectivity index (χ0n) is 11.0. The summed E-state index contributed by atoms with van der Waals surface area (Å²) in [5, 5.41) is 1.48. The molecule has 0 aromatic carbocycles. The first-order chi connectivity index (χ1) is 7.91. The summed E-state index contributed by atoms with van der Waals surface area (Å²) in [4.78, 5) is 0. The van der Waals surface area contributed by atoms with Crippen molar-refractivity contribution in [3.05, 3.63) is 0 Å². The quantitative estimate of drug-likeness (QED) is 0.334. The summed E-state index contributed by atoms with van der Waals surface area (Å²) >= 11 is 3.74. The Balaban J connectivity index is 2.85. The minimum absolute atomic E-state index is 0.561. The Labute approximate surface area is 115 Å². The van der Waals surface area contributed by atoms with Crippen LogP contribution >= 0.6 is 0 Å². The van der Waals surface area contributed by atoms with E-state index in [9.17, 15) is 0 Å². The summed E-state index contributed by atoms with van der Waals surface area (Å²) in [5.41, 5.74) is 0. The molecule has 0 saturated carbocycles. The van der Waals surface area contributed by atoms with Gasteiger partial charge in [0.05, 0.1) is 0 Å². The SMILES string of the molecule is CCCCCCCCCCCCCC[SeH]=[Se]. The first kappa shape index (κ1) is 17.0. The van der Waals surface area contributed by atoms with Crippen LogP contribution in [-0.2, 0) is 0 Å². The fourth-order valence-corrected chi connectivity index (χ4v) is 4.16. The third kappa shape index (κ3) is 15.0. The van der Waals surface area contributed by atoms with Crippen LogP contribution in [0.2, 0.25) is 5.32 Å². The van der Waals surface area contributed by atoms with Crippen LogP contribution in [0.15, 0.2) is 0 Å². The molecule has 0 aromatic rings. The van der Waals surface area contributed by atoms with Crippen molar-refractivity contribution >= 4 is 26.3 Å². The minimum atomic E-state index is 0.561. The molecule has 0 unspecified atom stereocenters. The van der Waals surface area contributed by atoms with E-state index in [0.29, 0.717) is 12.6 Å². The molecule has 0 spiro atoms. The van der Waals surface area contributed by atoms with Crippen molar-refractivity contribution < 1.29 is 0 Å². The number of hydrogen-bond donors (Lipinski definition) is 0. The maximum atomic E-state index is 3.18. The fourth-order valence-electron chi connectivity index (χ4n) is 2.02. The zero-order valence-corrected chi connectivity index (χ0v) is 14.6. The first-order valence-corrected chi connectivity index (χ1v) is 13.3. The van der Waals surface area contributed by atoms with Gasteiger partial charge < -0.3 is 0 Å². The summed E-state index contributed by atoms with van der Waals surface area (Å²) in [6, 6.07) is 0. The van der Waals surface area contributed by atoms with Crippen molar-refractivity contribution in [1.82, 2.24) is 0 Å². The Morgan fingerprint density at radius 3 is 1.38 bits per heavy atom. The molecule has 0 atom stereocenters. The van der Waals surface area contributed by atoms with E-state index in [0.717, 1.165) is 0 Å². The molecule has 0 aromatic heterocycles. The average molecular weight is 356 g/mol. The van der Waals surface area contributed by atoms with Crippen molar-refractivity contribution in [2.75, 3.05) is 0 Å². The van der Waals surface area contributed by atoms with Gasteiger partial charge in [-0.1, -0.05) is 13.3 Å². The van der Waals surface area contributed by atoms with Crippen LogP contribution in [0.1, 0.15) is 84.0 Å². The summed E-state index contributed by atoms with van der Waals surface area (Å²) in [6.45, 7) is 2.29. The Kier molecular flexibility index (Phi) is 17.1. The topological polar surface area (TPSA) is 0 Å². The molecular weight excluding hydrogens is 326 g/mol. The second-order valence-electron chi connectivity index (χ2n) is 4.74. The third-order valence-electron chi connectivity index (χ3n) is 3.10. The van der Waals surface area contributed by atoms with Gasteiger partial charge in [0, 0.05) is 0 Å². The zero-order chi connectivity index (χ0) is 11.9. The Hall–Kier alpha value is 1.04. The Morgan fingerprint density at radius 2 is 1.00 bits per heavy atom. The van der Waals surface area contributed by atoms with Gasteiger partial charge in [0.15, 0.2) is 0 Å². The van der Waals surface area contributed by atoms with E-state index in [2.05, 4.69) is 20.6 Å². The first-order valence-electron chi connectivity index (χ1n) is 7.21. The van der Waals surface area contributed by atoms with Crippen LogP contribution in [0.3, 0.4) is 0 Å². The van der Waals surface area contributed by atoms with Gasteiger partial charge in [-0.15, -0.1) is 0 Å². The third-order valence-corrected chi connectivity index (χ3v) is 6.14. The summed E-state index contributed by atoms with van der Waals surface area (Å²) in [5.74, 6) is 0. The van der Waals surface area contributed by atoms with E-state index in [4.69, 9.17) is 0 Å². The molecule has 0 aliphatic heterocycles. The summed E-state index contributed by atoms with van der Waals surface area (Å²) in [7, 11) is 0. The van der Waals surface area contributed by atoms with Crippen molar-refractivity contribution in [1.29, 1.82) is 0 Å². The van der Waals surface area contributed by atoms with Gasteiger partial charge in [0.2, 0.25) is 0 Å². The second-order valence-corrected chi connectivity index (χ2v) is 9.04. The number of rotatable bonds is 13. The van der Waals surface area contributed by atoms with E-state index in [1.165, 1.54) is 82.4 Å². The molecule has 0 N–H and O–H groups in total. The molecule has 98 valence electrons. The molecule has 0 rings (SSSR count). The van der Waals surface area contributed by atoms with Crippen LogP contribution in [-0.4, -0.2) is 26.3 Å². The monoisotopic (exact) mass is 358 g/mol. The van der Waals surface area contributed by atoms with Crippen LogP contribution in [0.25, 0.3) is 0 Å². The molecule has 16 heavy (non-hydrogen) atoms. The van der Waals surface area contributed by atoms with Crippen molar-refractivity contribution in [3.8, 4) is 0 Å². The van der Waals surface area contributed by atoms with E-state index in [1.807, 2.05) is 0 Å². The summed E-state index contributed by atoms with van der Waals surface area (Å²) < 4.78 is 0. The van der Waals surface area contributed by atoms with E-state index < -0.39 is 0 Å². The molecule has 0 amide bonds. The molecule has 0 nitrogen and oxygen atoms in total. The molecule has 0 radical (unpaired) electrons. The Bertz CT molecular complexity index is 135. The van der Waals surface area contributed by atoms with Gasteiger partial charge in [-0.25, -0.2) is 0 Å². The maximum absolute atomic E-state index is 3.18. The molecule has 0 aliphatic rings. The number of hydrogen-bond acceptors (Lipinski definition) is 0. The molecule has 0 bridgehead atoms. The molecule has 0 saturated heterocycles. The van der Waals surface area contributed by atoms with Gasteiger partial charge in [-0.2, -0.15) is 0 Å². The van der Waals surface area contributed by atoms with Gasteiger partial charge in [0.1, 0.15) is 0 Å². The van der Waals surface area contributed by atoms with Crippen molar-refractivity contribution in [2.24, 2.45) is 0 Å². The van der Waals surface area contributed by atoms with Crippen molar-refractivity contribution in [2.45, 2.75) is 89.3 Å². The van der Waals surface area contributed by atoms with Gasteiger partial charge in [-0.3, -0.25) is 0 Å². The van der Waals surface area contributed by atoms with E-state index >= 15 is 0 Å². The molecule has 0 aliphatic carbocycles. The van der Waals surface area contributed by atoms with Crippen LogP contribution in [0.4, 0.5) is 0 Å². The van der Waals surface area contributed by atoms with Crippen molar-refractivity contribution in [3.63, 3.8) is 0 Å². The normalized spacial score (nSPS) is 10.8. The van der Waals surface area contributed by atoms with Crippen LogP contribution in [0, 0.1) is 0 Å². The fraction of sp³-hybridized carbons (Fsp3) is 1.00. The predicted octanol–water partition coefficient (Wildman–Crippen LogP) is 4.63. The molecule has 2 heteroatoms. The summed E-state index contributed by atoms with van der Waals surface area (Å²) in [6.07, 6.45) is 17.6. The Morgan fingerprint density at radius 1 is 0.625 bits per heavy atom. The van der Waals surface area contributed by atoms with Crippen LogP contribution in [0.5, 0.6) is 0 Å². The van der Waals surface area contributed by atoms with Gasteiger partial charge >= 0.3 is 102 Å².